The summed E-state index contributed by atoms with van der Waals surface area (Å²) in [6.07, 6.45) is 1.78. The quantitative estimate of drug-likeness (QED) is 0.269. The number of carbonyl (C=O) groups excluding carboxylic acids is 3. The zero-order chi connectivity index (χ0) is 30.3. The summed E-state index contributed by atoms with van der Waals surface area (Å²) in [5.41, 5.74) is 2.11. The number of likely N-dealkylation sites (tertiary alicyclic amines) is 1. The summed E-state index contributed by atoms with van der Waals surface area (Å²) in [7, 11) is 0. The van der Waals surface area contributed by atoms with Gasteiger partial charge in [0.25, 0.3) is 0 Å². The minimum atomic E-state index is -1.25. The van der Waals surface area contributed by atoms with Crippen LogP contribution < -0.4 is 0 Å². The maximum atomic E-state index is 14.9. The van der Waals surface area contributed by atoms with E-state index in [9.17, 15) is 18.8 Å². The number of rotatable bonds is 6. The minimum absolute atomic E-state index is 0.00424. The van der Waals surface area contributed by atoms with Crippen LogP contribution in [0.3, 0.4) is 0 Å². The fraction of sp³-hybridized carbons (Fsp3) is 0.281. The van der Waals surface area contributed by atoms with Gasteiger partial charge < -0.3 is 19.7 Å². The van der Waals surface area contributed by atoms with Crippen LogP contribution in [0.4, 0.5) is 4.39 Å². The number of piperazine rings is 1. The molecule has 0 spiro atoms. The van der Waals surface area contributed by atoms with Gasteiger partial charge >= 0.3 is 0 Å². The van der Waals surface area contributed by atoms with E-state index in [1.165, 1.54) is 30.8 Å². The normalized spacial score (nSPS) is 20.7. The fourth-order valence-electron chi connectivity index (χ4n) is 6.12. The first-order chi connectivity index (χ1) is 20.7. The second kappa shape index (κ2) is 11.9. The second-order valence-electron chi connectivity index (χ2n) is 10.9. The van der Waals surface area contributed by atoms with Crippen molar-refractivity contribution in [2.24, 2.45) is 0 Å². The van der Waals surface area contributed by atoms with E-state index in [0.29, 0.717) is 36.8 Å². The van der Waals surface area contributed by atoms with Gasteiger partial charge in [-0.1, -0.05) is 53.5 Å². The first-order valence-electron chi connectivity index (χ1n) is 13.9. The number of benzene rings is 3. The van der Waals surface area contributed by atoms with Crippen molar-refractivity contribution >= 4 is 63.6 Å². The van der Waals surface area contributed by atoms with Crippen LogP contribution >= 0.6 is 35.0 Å². The lowest BCUT2D eigenvalue weighted by Gasteiger charge is -2.42. The Hall–Kier alpha value is -3.53. The Bertz CT molecular complexity index is 1710. The highest BCUT2D eigenvalue weighted by molar-refractivity contribution is 8.01. The lowest BCUT2D eigenvalue weighted by molar-refractivity contribution is -0.140. The molecule has 7 nitrogen and oxygen atoms in total. The molecule has 11 heteroatoms. The van der Waals surface area contributed by atoms with Gasteiger partial charge in [-0.3, -0.25) is 14.4 Å². The molecule has 2 aliphatic rings. The smallest absolute Gasteiger partial charge is 0.242 e. The number of aromatic amines is 1. The summed E-state index contributed by atoms with van der Waals surface area (Å²) in [4.78, 5) is 50.3. The Labute approximate surface area is 262 Å². The third-order valence-corrected chi connectivity index (χ3v) is 10.2. The number of nitrogens with one attached hydrogen (secondary N) is 1. The molecule has 2 aliphatic heterocycles. The molecule has 43 heavy (non-hydrogen) atoms. The summed E-state index contributed by atoms with van der Waals surface area (Å²) in [5, 5.41) is 1.39. The highest BCUT2D eigenvalue weighted by atomic mass is 35.5. The first kappa shape index (κ1) is 29.5. The van der Waals surface area contributed by atoms with Crippen LogP contribution in [0.15, 0.2) is 77.8 Å². The fourth-order valence-corrected chi connectivity index (χ4v) is 7.90. The number of halogens is 3. The van der Waals surface area contributed by atoms with Gasteiger partial charge in [-0.15, -0.1) is 11.8 Å². The van der Waals surface area contributed by atoms with Gasteiger partial charge in [-0.05, 0) is 42.0 Å². The van der Waals surface area contributed by atoms with E-state index in [1.54, 1.807) is 26.8 Å². The van der Waals surface area contributed by atoms with Crippen LogP contribution in [0, 0.1) is 5.82 Å². The summed E-state index contributed by atoms with van der Waals surface area (Å²) in [6, 6.07) is 18.8. The summed E-state index contributed by atoms with van der Waals surface area (Å²) in [6.45, 7) is 3.18. The Morgan fingerprint density at radius 3 is 2.42 bits per heavy atom. The molecule has 3 aromatic carbocycles. The SMILES string of the molecule is CC(=O)N1CCN(C(=O)C2(Sc3ccccc3)CC(=O)N(Cc3ccc(Cl)c(F)c3)C2c2c[nH]c3cc(Cl)ccc23)CC1. The van der Waals surface area contributed by atoms with Crippen LogP contribution in [0.25, 0.3) is 10.9 Å². The van der Waals surface area contributed by atoms with Gasteiger partial charge in [0.15, 0.2) is 0 Å². The maximum Gasteiger partial charge on any atom is 0.242 e. The second-order valence-corrected chi connectivity index (χ2v) is 13.1. The van der Waals surface area contributed by atoms with Gasteiger partial charge in [0.2, 0.25) is 17.7 Å². The number of nitrogens with zero attached hydrogens (tertiary/aromatic N) is 3. The van der Waals surface area contributed by atoms with Crippen LogP contribution in [0.2, 0.25) is 10.0 Å². The van der Waals surface area contributed by atoms with Gasteiger partial charge in [-0.2, -0.15) is 0 Å². The van der Waals surface area contributed by atoms with E-state index < -0.39 is 16.6 Å². The molecule has 0 aliphatic carbocycles. The zero-order valence-corrected chi connectivity index (χ0v) is 25.7. The first-order valence-corrected chi connectivity index (χ1v) is 15.5. The Morgan fingerprint density at radius 2 is 1.72 bits per heavy atom. The predicted octanol–water partition coefficient (Wildman–Crippen LogP) is 6.31. The van der Waals surface area contributed by atoms with Crippen molar-refractivity contribution in [1.29, 1.82) is 0 Å². The molecular weight excluding hydrogens is 610 g/mol. The molecule has 3 amide bonds. The molecule has 2 atom stereocenters. The zero-order valence-electron chi connectivity index (χ0n) is 23.4. The van der Waals surface area contributed by atoms with Crippen molar-refractivity contribution in [3.8, 4) is 0 Å². The summed E-state index contributed by atoms with van der Waals surface area (Å²) in [5.74, 6) is -1.000. The van der Waals surface area contributed by atoms with Gasteiger partial charge in [-0.25, -0.2) is 4.39 Å². The van der Waals surface area contributed by atoms with Crippen molar-refractivity contribution < 1.29 is 18.8 Å². The van der Waals surface area contributed by atoms with Crippen molar-refractivity contribution in [2.45, 2.75) is 35.6 Å². The van der Waals surface area contributed by atoms with Gasteiger partial charge in [0.05, 0.1) is 17.5 Å². The molecule has 4 aromatic rings. The number of H-pyrrole nitrogens is 1. The molecule has 3 heterocycles. The number of thioether (sulfide) groups is 1. The molecule has 2 saturated heterocycles. The number of hydrogen-bond donors (Lipinski definition) is 1. The van der Waals surface area contributed by atoms with E-state index in [-0.39, 0.29) is 35.7 Å². The summed E-state index contributed by atoms with van der Waals surface area (Å²) >= 11 is 13.6. The number of fused-ring (bicyclic) bond motifs is 1. The monoisotopic (exact) mass is 638 g/mol. The lowest BCUT2D eigenvalue weighted by Crippen LogP contribution is -2.56. The standard InChI is InChI=1S/C32H29Cl2FN4O3S/c1-20(40)37-11-13-38(14-12-37)31(42)32(43-23-5-3-2-4-6-23)17-29(41)39(19-21-7-10-26(34)27(35)15-21)30(32)25-18-36-28-16-22(33)8-9-24(25)28/h2-10,15-16,18,30,36H,11-14,17,19H2,1H3. The molecule has 2 fully saturated rings. The number of hydrogen-bond acceptors (Lipinski definition) is 4. The predicted molar refractivity (Wildman–Crippen MR) is 166 cm³/mol. The molecule has 0 bridgehead atoms. The molecule has 1 N–H and O–H groups in total. The third-order valence-electron chi connectivity index (χ3n) is 8.21. The largest absolute Gasteiger partial charge is 0.361 e. The van der Waals surface area contributed by atoms with Crippen molar-refractivity contribution in [3.05, 3.63) is 99.9 Å². The molecule has 0 radical (unpaired) electrons. The van der Waals surface area contributed by atoms with E-state index >= 15 is 0 Å². The van der Waals surface area contributed by atoms with Crippen molar-refractivity contribution in [2.75, 3.05) is 26.2 Å². The number of amides is 3. The Balaban J connectivity index is 1.50. The van der Waals surface area contributed by atoms with E-state index in [2.05, 4.69) is 4.98 Å². The average molecular weight is 640 g/mol. The van der Waals surface area contributed by atoms with E-state index in [4.69, 9.17) is 23.2 Å². The summed E-state index contributed by atoms with van der Waals surface area (Å²) < 4.78 is 13.3. The number of carbonyl (C=O) groups is 3. The van der Waals surface area contributed by atoms with E-state index in [1.807, 2.05) is 48.7 Å². The van der Waals surface area contributed by atoms with Crippen LogP contribution in [0.1, 0.15) is 30.5 Å². The Morgan fingerprint density at radius 1 is 1.00 bits per heavy atom. The minimum Gasteiger partial charge on any atom is -0.361 e. The maximum absolute atomic E-state index is 14.9. The lowest BCUT2D eigenvalue weighted by atomic mass is 9.90. The highest BCUT2D eigenvalue weighted by Gasteiger charge is 2.59. The molecular formula is C32H29Cl2FN4O3S. The number of aromatic nitrogens is 1. The average Bonchev–Trinajstić information content (AvgIpc) is 3.52. The van der Waals surface area contributed by atoms with E-state index in [0.717, 1.165) is 21.4 Å². The Kier molecular flexibility index (Phi) is 8.15. The van der Waals surface area contributed by atoms with Crippen molar-refractivity contribution in [3.63, 3.8) is 0 Å². The van der Waals surface area contributed by atoms with Gasteiger partial charge in [0, 0.05) is 72.2 Å². The molecule has 0 saturated carbocycles. The van der Waals surface area contributed by atoms with Crippen LogP contribution in [-0.2, 0) is 20.9 Å². The molecule has 222 valence electrons. The molecule has 1 aromatic heterocycles. The van der Waals surface area contributed by atoms with Crippen molar-refractivity contribution in [1.82, 2.24) is 19.7 Å². The third kappa shape index (κ3) is 5.61. The highest BCUT2D eigenvalue weighted by Crippen LogP contribution is 2.55. The topological polar surface area (TPSA) is 76.7 Å². The molecule has 6 rings (SSSR count). The molecule has 2 unspecified atom stereocenters. The van der Waals surface area contributed by atoms with Gasteiger partial charge in [0.1, 0.15) is 10.6 Å². The van der Waals surface area contributed by atoms with Crippen LogP contribution in [-0.4, -0.2) is 68.3 Å². The van der Waals surface area contributed by atoms with Crippen LogP contribution in [0.5, 0.6) is 0 Å².